The summed E-state index contributed by atoms with van der Waals surface area (Å²) in [5.41, 5.74) is 1.37. The summed E-state index contributed by atoms with van der Waals surface area (Å²) < 4.78 is 0. The van der Waals surface area contributed by atoms with E-state index in [1.165, 1.54) is 0 Å². The summed E-state index contributed by atoms with van der Waals surface area (Å²) in [5, 5.41) is 10.1. The Kier molecular flexibility index (Phi) is 3.21. The van der Waals surface area contributed by atoms with Crippen molar-refractivity contribution in [3.63, 3.8) is 0 Å². The number of piperazine rings is 1. The van der Waals surface area contributed by atoms with Gasteiger partial charge in [-0.25, -0.2) is 9.78 Å². The van der Waals surface area contributed by atoms with Gasteiger partial charge in [0.05, 0.1) is 12.1 Å². The standard InChI is InChI=1S/C15H15N3O3/c1-17-6-7-18(9-14(17)19)13-8-12(15(20)21)16-11-5-3-2-4-10(11)13/h2-5,8H,6-7,9H2,1H3,(H,20,21). The number of hydrogen-bond donors (Lipinski definition) is 1. The molecule has 1 aliphatic rings. The Balaban J connectivity index is 2.12. The number of amides is 1. The number of aromatic nitrogens is 1. The number of carbonyl (C=O) groups excluding carboxylic acids is 1. The van der Waals surface area contributed by atoms with E-state index in [0.29, 0.717) is 18.6 Å². The third-order valence-corrected chi connectivity index (χ3v) is 3.71. The molecule has 1 N–H and O–H groups in total. The molecule has 1 amide bonds. The Morgan fingerprint density at radius 1 is 1.29 bits per heavy atom. The summed E-state index contributed by atoms with van der Waals surface area (Å²) in [6.45, 7) is 1.55. The van der Waals surface area contributed by atoms with E-state index in [9.17, 15) is 14.7 Å². The van der Waals surface area contributed by atoms with Crippen molar-refractivity contribution in [3.05, 3.63) is 36.0 Å². The number of benzene rings is 1. The number of nitrogens with zero attached hydrogens (tertiary/aromatic N) is 3. The van der Waals surface area contributed by atoms with Gasteiger partial charge in [-0.2, -0.15) is 0 Å². The molecule has 0 atom stereocenters. The number of anilines is 1. The number of carbonyl (C=O) groups is 2. The summed E-state index contributed by atoms with van der Waals surface area (Å²) in [5.74, 6) is -1.04. The van der Waals surface area contributed by atoms with E-state index in [4.69, 9.17) is 0 Å². The second-order valence-corrected chi connectivity index (χ2v) is 5.09. The van der Waals surface area contributed by atoms with Crippen LogP contribution in [0.3, 0.4) is 0 Å². The molecule has 108 valence electrons. The minimum atomic E-state index is -1.07. The minimum Gasteiger partial charge on any atom is -0.477 e. The first kappa shape index (κ1) is 13.4. The lowest BCUT2D eigenvalue weighted by molar-refractivity contribution is -0.129. The first-order valence-electron chi connectivity index (χ1n) is 6.68. The average Bonchev–Trinajstić information content (AvgIpc) is 2.49. The Morgan fingerprint density at radius 3 is 2.76 bits per heavy atom. The highest BCUT2D eigenvalue weighted by atomic mass is 16.4. The molecule has 21 heavy (non-hydrogen) atoms. The molecular weight excluding hydrogens is 270 g/mol. The maximum atomic E-state index is 11.9. The molecule has 3 rings (SSSR count). The van der Waals surface area contributed by atoms with Gasteiger partial charge in [0.2, 0.25) is 5.91 Å². The number of hydrogen-bond acceptors (Lipinski definition) is 4. The van der Waals surface area contributed by atoms with Gasteiger partial charge in [-0.3, -0.25) is 4.79 Å². The monoisotopic (exact) mass is 285 g/mol. The molecule has 6 heteroatoms. The zero-order valence-electron chi connectivity index (χ0n) is 11.6. The van der Waals surface area contributed by atoms with Crippen LogP contribution in [0.15, 0.2) is 30.3 Å². The van der Waals surface area contributed by atoms with Gasteiger partial charge in [-0.05, 0) is 12.1 Å². The minimum absolute atomic E-state index is 0.00456. The second-order valence-electron chi connectivity index (χ2n) is 5.09. The molecule has 0 spiro atoms. The van der Waals surface area contributed by atoms with Gasteiger partial charge < -0.3 is 14.9 Å². The molecule has 1 aliphatic heterocycles. The SMILES string of the molecule is CN1CCN(c2cc(C(=O)O)nc3ccccc23)CC1=O. The van der Waals surface area contributed by atoms with Crippen LogP contribution in [0.1, 0.15) is 10.5 Å². The summed E-state index contributed by atoms with van der Waals surface area (Å²) in [4.78, 5) is 30.9. The van der Waals surface area contributed by atoms with Crippen LogP contribution in [0.25, 0.3) is 10.9 Å². The van der Waals surface area contributed by atoms with E-state index < -0.39 is 5.97 Å². The van der Waals surface area contributed by atoms with Crippen LogP contribution in [0.4, 0.5) is 5.69 Å². The molecule has 0 radical (unpaired) electrons. The lowest BCUT2D eigenvalue weighted by atomic mass is 10.1. The zero-order chi connectivity index (χ0) is 15.0. The molecule has 1 aromatic carbocycles. The molecule has 2 heterocycles. The maximum Gasteiger partial charge on any atom is 0.354 e. The molecule has 1 saturated heterocycles. The number of pyridine rings is 1. The Labute approximate surface area is 121 Å². The highest BCUT2D eigenvalue weighted by molar-refractivity contribution is 5.98. The summed E-state index contributed by atoms with van der Waals surface area (Å²) >= 11 is 0. The van der Waals surface area contributed by atoms with Crippen molar-refractivity contribution in [2.75, 3.05) is 31.6 Å². The van der Waals surface area contributed by atoms with E-state index in [-0.39, 0.29) is 18.1 Å². The van der Waals surface area contributed by atoms with Crippen molar-refractivity contribution in [2.24, 2.45) is 0 Å². The van der Waals surface area contributed by atoms with Gasteiger partial charge in [-0.15, -0.1) is 0 Å². The number of aromatic carboxylic acids is 1. The Bertz CT molecular complexity index is 729. The van der Waals surface area contributed by atoms with Crippen LogP contribution in [0, 0.1) is 0 Å². The van der Waals surface area contributed by atoms with Crippen LogP contribution < -0.4 is 4.90 Å². The number of carboxylic acid groups (broad SMARTS) is 1. The number of para-hydroxylation sites is 1. The maximum absolute atomic E-state index is 11.9. The van der Waals surface area contributed by atoms with Crippen LogP contribution in [-0.4, -0.2) is 53.5 Å². The molecule has 1 fully saturated rings. The van der Waals surface area contributed by atoms with Crippen LogP contribution in [0.2, 0.25) is 0 Å². The van der Waals surface area contributed by atoms with Crippen molar-refractivity contribution < 1.29 is 14.7 Å². The first-order valence-corrected chi connectivity index (χ1v) is 6.68. The number of fused-ring (bicyclic) bond motifs is 1. The van der Waals surface area contributed by atoms with E-state index in [0.717, 1.165) is 11.1 Å². The van der Waals surface area contributed by atoms with Crippen LogP contribution in [-0.2, 0) is 4.79 Å². The highest BCUT2D eigenvalue weighted by Crippen LogP contribution is 2.27. The highest BCUT2D eigenvalue weighted by Gasteiger charge is 2.23. The van der Waals surface area contributed by atoms with E-state index in [2.05, 4.69) is 4.98 Å². The third-order valence-electron chi connectivity index (χ3n) is 3.71. The fraction of sp³-hybridized carbons (Fsp3) is 0.267. The largest absolute Gasteiger partial charge is 0.477 e. The number of likely N-dealkylation sites (N-methyl/N-ethyl adjacent to an activating group) is 1. The fourth-order valence-electron chi connectivity index (χ4n) is 2.49. The van der Waals surface area contributed by atoms with E-state index in [1.54, 1.807) is 24.1 Å². The van der Waals surface area contributed by atoms with Crippen molar-refractivity contribution >= 4 is 28.5 Å². The fourth-order valence-corrected chi connectivity index (χ4v) is 2.49. The topological polar surface area (TPSA) is 73.7 Å². The van der Waals surface area contributed by atoms with Crippen molar-refractivity contribution in [2.45, 2.75) is 0 Å². The van der Waals surface area contributed by atoms with Gasteiger partial charge in [0.1, 0.15) is 0 Å². The Hall–Kier alpha value is -2.63. The molecule has 0 aliphatic carbocycles. The summed E-state index contributed by atoms with van der Waals surface area (Å²) in [7, 11) is 1.77. The predicted octanol–water partition coefficient (Wildman–Crippen LogP) is 1.21. The van der Waals surface area contributed by atoms with E-state index >= 15 is 0 Å². The lowest BCUT2D eigenvalue weighted by Crippen LogP contribution is -2.48. The number of rotatable bonds is 2. The molecule has 6 nitrogen and oxygen atoms in total. The van der Waals surface area contributed by atoms with Gasteiger partial charge in [-0.1, -0.05) is 18.2 Å². The first-order chi connectivity index (χ1) is 10.1. The lowest BCUT2D eigenvalue weighted by Gasteiger charge is -2.34. The van der Waals surface area contributed by atoms with Gasteiger partial charge in [0.15, 0.2) is 5.69 Å². The Morgan fingerprint density at radius 2 is 2.05 bits per heavy atom. The van der Waals surface area contributed by atoms with Crippen molar-refractivity contribution in [1.82, 2.24) is 9.88 Å². The summed E-state index contributed by atoms with van der Waals surface area (Å²) in [6, 6.07) is 8.92. The van der Waals surface area contributed by atoms with Gasteiger partial charge in [0, 0.05) is 31.2 Å². The van der Waals surface area contributed by atoms with Crippen LogP contribution >= 0.6 is 0 Å². The van der Waals surface area contributed by atoms with Gasteiger partial charge in [0.25, 0.3) is 0 Å². The normalized spacial score (nSPS) is 15.6. The molecule has 0 unspecified atom stereocenters. The average molecular weight is 285 g/mol. The zero-order valence-corrected chi connectivity index (χ0v) is 11.6. The van der Waals surface area contributed by atoms with Crippen molar-refractivity contribution in [3.8, 4) is 0 Å². The molecule has 0 saturated carbocycles. The number of carboxylic acids is 1. The van der Waals surface area contributed by atoms with Crippen LogP contribution in [0.5, 0.6) is 0 Å². The van der Waals surface area contributed by atoms with E-state index in [1.807, 2.05) is 23.1 Å². The third kappa shape index (κ3) is 2.40. The van der Waals surface area contributed by atoms with Crippen molar-refractivity contribution in [1.29, 1.82) is 0 Å². The van der Waals surface area contributed by atoms with Gasteiger partial charge >= 0.3 is 5.97 Å². The second kappa shape index (κ2) is 5.05. The molecule has 0 bridgehead atoms. The molecule has 1 aromatic heterocycles. The smallest absolute Gasteiger partial charge is 0.354 e. The predicted molar refractivity (Wildman–Crippen MR) is 78.6 cm³/mol. The molecule has 2 aromatic rings. The quantitative estimate of drug-likeness (QED) is 0.898. The molecular formula is C15H15N3O3. The summed E-state index contributed by atoms with van der Waals surface area (Å²) in [6.07, 6.45) is 0.